The molecule has 2 heterocycles. The highest BCUT2D eigenvalue weighted by molar-refractivity contribution is 5.96. The number of fused-ring (bicyclic) bond motifs is 1. The Hall–Kier alpha value is -2.26. The summed E-state index contributed by atoms with van der Waals surface area (Å²) in [5.74, 6) is -1.85. The van der Waals surface area contributed by atoms with Gasteiger partial charge >= 0.3 is 11.7 Å². The van der Waals surface area contributed by atoms with Gasteiger partial charge in [-0.2, -0.15) is 18.2 Å². The van der Waals surface area contributed by atoms with Gasteiger partial charge in [0.25, 0.3) is 5.91 Å². The number of rotatable bonds is 3. The molecule has 1 aliphatic heterocycles. The number of carbonyl (C=O) groups is 1. The minimum Gasteiger partial charge on any atom is -0.501 e. The molecule has 122 valence electrons. The summed E-state index contributed by atoms with van der Waals surface area (Å²) in [4.78, 5) is 28.7. The van der Waals surface area contributed by atoms with Crippen LogP contribution in [-0.2, 0) is 6.54 Å². The van der Waals surface area contributed by atoms with E-state index in [1.165, 1.54) is 4.90 Å². The molecule has 0 saturated heterocycles. The van der Waals surface area contributed by atoms with Crippen molar-refractivity contribution in [2.75, 3.05) is 18.4 Å². The van der Waals surface area contributed by atoms with Gasteiger partial charge in [-0.25, -0.2) is 0 Å². The van der Waals surface area contributed by atoms with Gasteiger partial charge in [-0.3, -0.25) is 9.59 Å². The molecule has 1 aromatic heterocycles. The SMILES string of the molecule is CC(C)N1CCn2c(NCC(F)(F)F)nc(=O)c(O)c2C1=O. The predicted molar refractivity (Wildman–Crippen MR) is 70.9 cm³/mol. The third-order valence-corrected chi connectivity index (χ3v) is 3.26. The number of alkyl halides is 3. The van der Waals surface area contributed by atoms with Crippen molar-refractivity contribution in [2.24, 2.45) is 0 Å². The number of anilines is 1. The van der Waals surface area contributed by atoms with Crippen molar-refractivity contribution in [2.45, 2.75) is 32.6 Å². The Bertz CT molecular complexity index is 654. The normalized spacial score (nSPS) is 15.2. The molecule has 0 saturated carbocycles. The Kier molecular flexibility index (Phi) is 4.03. The second-order valence-corrected chi connectivity index (χ2v) is 5.15. The van der Waals surface area contributed by atoms with Gasteiger partial charge in [0.2, 0.25) is 11.7 Å². The molecular weight excluding hydrogens is 305 g/mol. The number of amides is 1. The fourth-order valence-corrected chi connectivity index (χ4v) is 2.23. The Morgan fingerprint density at radius 2 is 1.95 bits per heavy atom. The average Bonchev–Trinajstić information content (AvgIpc) is 2.39. The largest absolute Gasteiger partial charge is 0.501 e. The lowest BCUT2D eigenvalue weighted by Gasteiger charge is -2.33. The van der Waals surface area contributed by atoms with Crippen molar-refractivity contribution in [1.29, 1.82) is 0 Å². The second-order valence-electron chi connectivity index (χ2n) is 5.15. The molecule has 22 heavy (non-hydrogen) atoms. The van der Waals surface area contributed by atoms with Crippen molar-refractivity contribution >= 4 is 11.9 Å². The summed E-state index contributed by atoms with van der Waals surface area (Å²) in [6, 6.07) is -0.171. The van der Waals surface area contributed by atoms with Crippen LogP contribution in [0.2, 0.25) is 0 Å². The summed E-state index contributed by atoms with van der Waals surface area (Å²) < 4.78 is 38.0. The second kappa shape index (κ2) is 5.50. The van der Waals surface area contributed by atoms with E-state index in [0.717, 1.165) is 4.57 Å². The molecule has 0 radical (unpaired) electrons. The number of aromatic nitrogens is 2. The number of nitrogens with zero attached hydrogens (tertiary/aromatic N) is 3. The van der Waals surface area contributed by atoms with E-state index in [0.29, 0.717) is 0 Å². The number of hydrogen-bond donors (Lipinski definition) is 2. The molecule has 0 bridgehead atoms. The van der Waals surface area contributed by atoms with Crippen LogP contribution < -0.4 is 10.9 Å². The van der Waals surface area contributed by atoms with Crippen molar-refractivity contribution in [3.63, 3.8) is 0 Å². The van der Waals surface area contributed by atoms with E-state index in [1.54, 1.807) is 13.8 Å². The first kappa shape index (κ1) is 16.1. The Morgan fingerprint density at radius 1 is 1.32 bits per heavy atom. The average molecular weight is 320 g/mol. The molecule has 0 fully saturated rings. The van der Waals surface area contributed by atoms with E-state index in [2.05, 4.69) is 4.98 Å². The first-order valence-electron chi connectivity index (χ1n) is 6.57. The summed E-state index contributed by atoms with van der Waals surface area (Å²) in [7, 11) is 0. The minimum absolute atomic E-state index is 0.125. The van der Waals surface area contributed by atoms with Crippen LogP contribution in [0.5, 0.6) is 5.75 Å². The molecule has 2 rings (SSSR count). The Balaban J connectivity index is 2.47. The quantitative estimate of drug-likeness (QED) is 0.860. The first-order valence-corrected chi connectivity index (χ1v) is 6.57. The molecular formula is C12H15F3N4O3. The van der Waals surface area contributed by atoms with Gasteiger partial charge in [0.05, 0.1) is 0 Å². The lowest BCUT2D eigenvalue weighted by molar-refractivity contribution is -0.115. The highest BCUT2D eigenvalue weighted by Gasteiger charge is 2.33. The molecule has 0 aromatic carbocycles. The van der Waals surface area contributed by atoms with E-state index in [1.807, 2.05) is 5.32 Å². The number of carbonyl (C=O) groups excluding carboxylic acids is 1. The zero-order valence-electron chi connectivity index (χ0n) is 11.9. The van der Waals surface area contributed by atoms with Crippen LogP contribution in [0.15, 0.2) is 4.79 Å². The third kappa shape index (κ3) is 3.00. The zero-order chi connectivity index (χ0) is 16.7. The van der Waals surface area contributed by atoms with Crippen molar-refractivity contribution in [1.82, 2.24) is 14.5 Å². The molecule has 0 spiro atoms. The molecule has 10 heteroatoms. The molecule has 0 unspecified atom stereocenters. The van der Waals surface area contributed by atoms with Gasteiger partial charge < -0.3 is 19.9 Å². The Labute approximate surface area is 123 Å². The van der Waals surface area contributed by atoms with E-state index >= 15 is 0 Å². The summed E-state index contributed by atoms with van der Waals surface area (Å²) in [6.45, 7) is 2.49. The monoisotopic (exact) mass is 320 g/mol. The molecule has 7 nitrogen and oxygen atoms in total. The lowest BCUT2D eigenvalue weighted by atomic mass is 10.2. The Morgan fingerprint density at radius 3 is 2.50 bits per heavy atom. The van der Waals surface area contributed by atoms with Gasteiger partial charge in [0.15, 0.2) is 5.69 Å². The fraction of sp³-hybridized carbons (Fsp3) is 0.583. The highest BCUT2D eigenvalue weighted by Crippen LogP contribution is 2.24. The number of aromatic hydroxyl groups is 1. The standard InChI is InChI=1S/C12H15F3N4O3/c1-6(2)18-3-4-19-7(10(18)22)8(20)9(21)17-11(19)16-5-12(13,14)15/h6,20H,3-5H2,1-2H3,(H,16,17,21). The maximum absolute atomic E-state index is 12.3. The van der Waals surface area contributed by atoms with Crippen molar-refractivity contribution < 1.29 is 23.1 Å². The molecule has 2 N–H and O–H groups in total. The van der Waals surface area contributed by atoms with Gasteiger partial charge in [-0.05, 0) is 13.8 Å². The van der Waals surface area contributed by atoms with Crippen LogP contribution in [0.4, 0.5) is 19.1 Å². The minimum atomic E-state index is -4.50. The number of hydrogen-bond acceptors (Lipinski definition) is 5. The molecule has 0 aliphatic carbocycles. The van der Waals surface area contributed by atoms with Crippen molar-refractivity contribution in [3.05, 3.63) is 16.0 Å². The smallest absolute Gasteiger partial charge is 0.405 e. The molecule has 1 aliphatic rings. The topological polar surface area (TPSA) is 87.5 Å². The number of nitrogens with one attached hydrogen (secondary N) is 1. The maximum Gasteiger partial charge on any atom is 0.405 e. The van der Waals surface area contributed by atoms with Crippen LogP contribution in [0.3, 0.4) is 0 Å². The van der Waals surface area contributed by atoms with Gasteiger partial charge in [-0.1, -0.05) is 0 Å². The first-order chi connectivity index (χ1) is 10.1. The summed E-state index contributed by atoms with van der Waals surface area (Å²) >= 11 is 0. The molecule has 1 amide bonds. The lowest BCUT2D eigenvalue weighted by Crippen LogP contribution is -2.46. The van der Waals surface area contributed by atoms with Crippen LogP contribution in [0, 0.1) is 0 Å². The van der Waals surface area contributed by atoms with Crippen molar-refractivity contribution in [3.8, 4) is 5.75 Å². The van der Waals surface area contributed by atoms with Crippen LogP contribution in [0.25, 0.3) is 0 Å². The highest BCUT2D eigenvalue weighted by atomic mass is 19.4. The summed E-state index contributed by atoms with van der Waals surface area (Å²) in [5, 5.41) is 11.8. The summed E-state index contributed by atoms with van der Waals surface area (Å²) in [6.07, 6.45) is -4.50. The van der Waals surface area contributed by atoms with Crippen LogP contribution >= 0.6 is 0 Å². The van der Waals surface area contributed by atoms with Crippen LogP contribution in [-0.4, -0.2) is 50.8 Å². The maximum atomic E-state index is 12.3. The van der Waals surface area contributed by atoms with Gasteiger partial charge in [0, 0.05) is 19.1 Å². The third-order valence-electron chi connectivity index (χ3n) is 3.26. The van der Waals surface area contributed by atoms with E-state index < -0.39 is 29.9 Å². The van der Waals surface area contributed by atoms with Gasteiger partial charge in [0.1, 0.15) is 6.54 Å². The van der Waals surface area contributed by atoms with Crippen LogP contribution in [0.1, 0.15) is 24.3 Å². The summed E-state index contributed by atoms with van der Waals surface area (Å²) in [5.41, 5.74) is -1.49. The molecule has 1 aromatic rings. The van der Waals surface area contributed by atoms with E-state index in [4.69, 9.17) is 0 Å². The predicted octanol–water partition coefficient (Wildman–Crippen LogP) is 0.787. The number of halogens is 3. The van der Waals surface area contributed by atoms with E-state index in [-0.39, 0.29) is 30.8 Å². The van der Waals surface area contributed by atoms with Gasteiger partial charge in [-0.15, -0.1) is 0 Å². The zero-order valence-corrected chi connectivity index (χ0v) is 11.9. The fourth-order valence-electron chi connectivity index (χ4n) is 2.23. The van der Waals surface area contributed by atoms with E-state index in [9.17, 15) is 27.9 Å². The molecule has 0 atom stereocenters.